The summed E-state index contributed by atoms with van der Waals surface area (Å²) >= 11 is 0. The van der Waals surface area contributed by atoms with Gasteiger partial charge in [-0.05, 0) is 55.3 Å². The van der Waals surface area contributed by atoms with Crippen molar-refractivity contribution in [2.24, 2.45) is 0 Å². The average molecular weight is 642 g/mol. The van der Waals surface area contributed by atoms with Gasteiger partial charge in [-0.2, -0.15) is 5.10 Å². The first kappa shape index (κ1) is 30.1. The number of nitrogens with zero attached hydrogens (tertiary/aromatic N) is 4. The van der Waals surface area contributed by atoms with E-state index in [1.807, 2.05) is 61.1 Å². The highest BCUT2D eigenvalue weighted by atomic mass is 32.2. The van der Waals surface area contributed by atoms with Crippen LogP contribution >= 0.6 is 0 Å². The number of hydrogen-bond donors (Lipinski definition) is 1. The Morgan fingerprint density at radius 3 is 2.27 bits per heavy atom. The molecule has 0 aliphatic heterocycles. The summed E-state index contributed by atoms with van der Waals surface area (Å²) in [7, 11) is -6.12. The van der Waals surface area contributed by atoms with Crippen molar-refractivity contribution < 1.29 is 21.6 Å². The molecule has 6 aromatic rings. The number of hydrogen-bond acceptors (Lipinski definition) is 7. The molecule has 230 valence electrons. The zero-order valence-corrected chi connectivity index (χ0v) is 26.7. The van der Waals surface area contributed by atoms with Crippen molar-refractivity contribution in [2.45, 2.75) is 24.8 Å². The normalized spacial score (nSPS) is 12.7. The molecule has 1 atom stereocenters. The summed E-state index contributed by atoms with van der Waals surface area (Å²) in [4.78, 5) is 4.78. The summed E-state index contributed by atoms with van der Waals surface area (Å²) in [5, 5.41) is 5.21. The number of nitrogens with one attached hydrogen (secondary N) is 1. The monoisotopic (exact) mass is 641 g/mol. The van der Waals surface area contributed by atoms with E-state index < -0.39 is 20.0 Å². The SMILES string of the molecule is COc1ccc(-c2cnc3c(c2)c(-c2cnn(C(C)c4ccccc4)c2)cn3S(=O)(=O)c2ccc(C)cc2)cc1NS(C)(=O)=O. The van der Waals surface area contributed by atoms with Crippen LogP contribution in [0.4, 0.5) is 5.69 Å². The molecule has 3 aromatic carbocycles. The third-order valence-corrected chi connectivity index (χ3v) is 9.86. The van der Waals surface area contributed by atoms with E-state index >= 15 is 0 Å². The number of aryl methyl sites for hydroxylation is 1. The highest BCUT2D eigenvalue weighted by molar-refractivity contribution is 7.92. The Labute approximate surface area is 262 Å². The van der Waals surface area contributed by atoms with Crippen molar-refractivity contribution in [2.75, 3.05) is 18.1 Å². The van der Waals surface area contributed by atoms with Crippen LogP contribution in [0.3, 0.4) is 0 Å². The van der Waals surface area contributed by atoms with Crippen LogP contribution in [-0.4, -0.2) is 48.9 Å². The Bertz CT molecular complexity index is 2240. The third kappa shape index (κ3) is 5.94. The fraction of sp³-hybridized carbons (Fsp3) is 0.152. The largest absolute Gasteiger partial charge is 0.495 e. The van der Waals surface area contributed by atoms with Gasteiger partial charge in [0.05, 0.1) is 36.2 Å². The number of pyridine rings is 1. The molecule has 0 saturated carbocycles. The lowest BCUT2D eigenvalue weighted by Gasteiger charge is -2.12. The quantitative estimate of drug-likeness (QED) is 0.202. The first-order valence-corrected chi connectivity index (χ1v) is 17.4. The number of fused-ring (bicyclic) bond motifs is 1. The lowest BCUT2D eigenvalue weighted by molar-refractivity contribution is 0.417. The third-order valence-electron chi connectivity index (χ3n) is 7.61. The minimum Gasteiger partial charge on any atom is -0.495 e. The second kappa shape index (κ2) is 11.5. The van der Waals surface area contributed by atoms with Crippen LogP contribution in [0, 0.1) is 6.92 Å². The van der Waals surface area contributed by atoms with Gasteiger partial charge in [-0.15, -0.1) is 0 Å². The molecule has 1 unspecified atom stereocenters. The Morgan fingerprint density at radius 1 is 0.844 bits per heavy atom. The minimum atomic E-state index is -4.00. The summed E-state index contributed by atoms with van der Waals surface area (Å²) < 4.78 is 62.8. The van der Waals surface area contributed by atoms with Crippen LogP contribution in [0.25, 0.3) is 33.3 Å². The molecular weight excluding hydrogens is 611 g/mol. The topological polar surface area (TPSA) is 125 Å². The zero-order valence-electron chi connectivity index (χ0n) is 25.0. The fourth-order valence-electron chi connectivity index (χ4n) is 5.21. The molecule has 0 aliphatic carbocycles. The van der Waals surface area contributed by atoms with Gasteiger partial charge < -0.3 is 4.74 Å². The molecule has 0 spiro atoms. The molecule has 45 heavy (non-hydrogen) atoms. The van der Waals surface area contributed by atoms with Gasteiger partial charge in [0.15, 0.2) is 5.65 Å². The van der Waals surface area contributed by atoms with Crippen LogP contribution in [0.2, 0.25) is 0 Å². The predicted octanol–water partition coefficient (Wildman–Crippen LogP) is 6.10. The van der Waals surface area contributed by atoms with Crippen molar-refractivity contribution in [1.82, 2.24) is 18.7 Å². The summed E-state index contributed by atoms with van der Waals surface area (Å²) in [5.74, 6) is 0.356. The number of methoxy groups -OCH3 is 1. The smallest absolute Gasteiger partial charge is 0.269 e. The summed E-state index contributed by atoms with van der Waals surface area (Å²) in [6.45, 7) is 3.94. The highest BCUT2D eigenvalue weighted by Crippen LogP contribution is 2.37. The standard InChI is InChI=1S/C33H31N5O5S2/c1-22-10-13-28(14-11-22)45(41,42)38-21-30(27-19-35-37(20-27)23(2)24-8-6-5-7-9-24)29-16-26(18-34-33(29)38)25-12-15-32(43-3)31(17-25)36-44(4,39)40/h5-21,23,36H,1-4H3. The number of sulfonamides is 1. The van der Waals surface area contributed by atoms with E-state index in [9.17, 15) is 16.8 Å². The maximum absolute atomic E-state index is 13.9. The van der Waals surface area contributed by atoms with Crippen molar-refractivity contribution in [3.63, 3.8) is 0 Å². The predicted molar refractivity (Wildman–Crippen MR) is 175 cm³/mol. The maximum Gasteiger partial charge on any atom is 0.269 e. The second-order valence-electron chi connectivity index (χ2n) is 10.8. The average Bonchev–Trinajstić information content (AvgIpc) is 3.66. The van der Waals surface area contributed by atoms with E-state index in [1.54, 1.807) is 61.1 Å². The van der Waals surface area contributed by atoms with E-state index in [0.717, 1.165) is 17.4 Å². The fourth-order valence-corrected chi connectivity index (χ4v) is 7.10. The molecule has 0 saturated heterocycles. The Hall–Kier alpha value is -4.94. The molecule has 1 N–H and O–H groups in total. The van der Waals surface area contributed by atoms with Gasteiger partial charge in [0, 0.05) is 40.7 Å². The number of aromatic nitrogens is 4. The van der Waals surface area contributed by atoms with Crippen molar-refractivity contribution in [3.05, 3.63) is 115 Å². The summed E-state index contributed by atoms with van der Waals surface area (Å²) in [5.41, 5.74) is 5.20. The molecule has 3 heterocycles. The molecule has 0 radical (unpaired) electrons. The van der Waals surface area contributed by atoms with E-state index in [2.05, 4.69) is 14.8 Å². The maximum atomic E-state index is 13.9. The molecular formula is C33H31N5O5S2. The molecule has 0 fully saturated rings. The Kier molecular flexibility index (Phi) is 7.71. The Balaban J connectivity index is 1.52. The highest BCUT2D eigenvalue weighted by Gasteiger charge is 2.24. The van der Waals surface area contributed by atoms with Gasteiger partial charge in [-0.25, -0.2) is 25.8 Å². The molecule has 3 aromatic heterocycles. The molecule has 12 heteroatoms. The van der Waals surface area contributed by atoms with Crippen LogP contribution < -0.4 is 9.46 Å². The van der Waals surface area contributed by atoms with E-state index in [-0.39, 0.29) is 22.3 Å². The first-order valence-electron chi connectivity index (χ1n) is 14.0. The summed E-state index contributed by atoms with van der Waals surface area (Å²) in [6, 6.07) is 23.5. The van der Waals surface area contributed by atoms with Gasteiger partial charge in [0.2, 0.25) is 10.0 Å². The van der Waals surface area contributed by atoms with Gasteiger partial charge in [-0.3, -0.25) is 9.40 Å². The molecule has 10 nitrogen and oxygen atoms in total. The van der Waals surface area contributed by atoms with Crippen LogP contribution in [0.1, 0.15) is 24.1 Å². The van der Waals surface area contributed by atoms with E-state index in [4.69, 9.17) is 4.74 Å². The molecule has 6 rings (SSSR count). The van der Waals surface area contributed by atoms with Gasteiger partial charge in [-0.1, -0.05) is 54.1 Å². The van der Waals surface area contributed by atoms with Crippen molar-refractivity contribution in [3.8, 4) is 28.0 Å². The Morgan fingerprint density at radius 2 is 1.58 bits per heavy atom. The van der Waals surface area contributed by atoms with Crippen molar-refractivity contribution >= 4 is 36.8 Å². The summed E-state index contributed by atoms with van der Waals surface area (Å²) in [6.07, 6.45) is 7.82. The number of anilines is 1. The van der Waals surface area contributed by atoms with E-state index in [0.29, 0.717) is 33.4 Å². The molecule has 0 aliphatic rings. The van der Waals surface area contributed by atoms with Crippen molar-refractivity contribution in [1.29, 1.82) is 0 Å². The first-order chi connectivity index (χ1) is 21.4. The van der Waals surface area contributed by atoms with Gasteiger partial charge in [0.1, 0.15) is 5.75 Å². The number of benzene rings is 3. The second-order valence-corrected chi connectivity index (χ2v) is 14.4. The van der Waals surface area contributed by atoms with Crippen LogP contribution in [-0.2, 0) is 20.0 Å². The van der Waals surface area contributed by atoms with Gasteiger partial charge in [0.25, 0.3) is 10.0 Å². The minimum absolute atomic E-state index is 0.0571. The van der Waals surface area contributed by atoms with Crippen LogP contribution in [0.5, 0.6) is 5.75 Å². The zero-order chi connectivity index (χ0) is 31.9. The lowest BCUT2D eigenvalue weighted by Crippen LogP contribution is -2.12. The molecule has 0 amide bonds. The number of rotatable bonds is 9. The van der Waals surface area contributed by atoms with Crippen LogP contribution in [0.15, 0.2) is 109 Å². The molecule has 0 bridgehead atoms. The van der Waals surface area contributed by atoms with E-state index in [1.165, 1.54) is 11.1 Å². The van der Waals surface area contributed by atoms with Gasteiger partial charge >= 0.3 is 0 Å². The lowest BCUT2D eigenvalue weighted by atomic mass is 10.0. The number of ether oxygens (including phenoxy) is 1.